The molecule has 36 heavy (non-hydrogen) atoms. The van der Waals surface area contributed by atoms with Gasteiger partial charge in [-0.3, -0.25) is 25.0 Å². The van der Waals surface area contributed by atoms with Crippen LogP contribution < -0.4 is 4.74 Å². The lowest BCUT2D eigenvalue weighted by atomic mass is 9.96. The standard InChI is InChI=1S/C28H46N2O6/c1-4-6-7-8-9-10-11-12-13-14-15-16-17-18-19-20-27(31)36-28-25(23(3)5-2)21-24(29(32)33)22-26(28)30(34)35/h21-23H,4-20H2,1-3H3/t23-/m0/s1. The number of carbonyl (C=O) groups excluding carboxylic acids is 1. The van der Waals surface area contributed by atoms with E-state index >= 15 is 0 Å². The van der Waals surface area contributed by atoms with Gasteiger partial charge in [0, 0.05) is 18.1 Å². The molecule has 1 aromatic rings. The van der Waals surface area contributed by atoms with Gasteiger partial charge in [0.1, 0.15) is 0 Å². The lowest BCUT2D eigenvalue weighted by molar-refractivity contribution is -0.394. The van der Waals surface area contributed by atoms with Crippen LogP contribution in [0.5, 0.6) is 5.75 Å². The number of nitro groups is 2. The number of ether oxygens (including phenoxy) is 1. The molecule has 0 spiro atoms. The Morgan fingerprint density at radius 1 is 0.778 bits per heavy atom. The van der Waals surface area contributed by atoms with E-state index < -0.39 is 21.5 Å². The summed E-state index contributed by atoms with van der Waals surface area (Å²) in [4.78, 5) is 33.8. The molecule has 0 saturated heterocycles. The van der Waals surface area contributed by atoms with Gasteiger partial charge in [0.05, 0.1) is 15.9 Å². The zero-order valence-corrected chi connectivity index (χ0v) is 22.6. The molecule has 0 fully saturated rings. The Hall–Kier alpha value is -2.51. The quantitative estimate of drug-likeness (QED) is 0.0540. The molecule has 0 aliphatic heterocycles. The van der Waals surface area contributed by atoms with Gasteiger partial charge in [0.15, 0.2) is 0 Å². The molecular weight excluding hydrogens is 460 g/mol. The molecule has 0 aliphatic carbocycles. The van der Waals surface area contributed by atoms with Crippen LogP contribution in [-0.4, -0.2) is 15.8 Å². The fourth-order valence-electron chi connectivity index (χ4n) is 4.36. The molecule has 1 aromatic carbocycles. The van der Waals surface area contributed by atoms with Crippen molar-refractivity contribution >= 4 is 17.3 Å². The molecule has 0 aliphatic rings. The third kappa shape index (κ3) is 12.5. The second-order valence-electron chi connectivity index (χ2n) is 9.88. The molecule has 0 amide bonds. The first-order valence-corrected chi connectivity index (χ1v) is 14.0. The van der Waals surface area contributed by atoms with Crippen LogP contribution in [-0.2, 0) is 4.79 Å². The molecule has 8 nitrogen and oxygen atoms in total. The van der Waals surface area contributed by atoms with Crippen molar-refractivity contribution in [3.05, 3.63) is 37.9 Å². The SMILES string of the molecule is CCCCCCCCCCCCCCCCCC(=O)Oc1c([C@@H](C)CC)cc([N+](=O)[O-])cc1[N+](=O)[O-]. The van der Waals surface area contributed by atoms with E-state index in [4.69, 9.17) is 4.74 Å². The summed E-state index contributed by atoms with van der Waals surface area (Å²) >= 11 is 0. The fourth-order valence-corrected chi connectivity index (χ4v) is 4.36. The summed E-state index contributed by atoms with van der Waals surface area (Å²) in [5.41, 5.74) is -0.591. The molecule has 1 rings (SSSR count). The van der Waals surface area contributed by atoms with Crippen molar-refractivity contribution < 1.29 is 19.4 Å². The average Bonchev–Trinajstić information content (AvgIpc) is 2.85. The van der Waals surface area contributed by atoms with E-state index in [1.54, 1.807) is 6.92 Å². The third-order valence-electron chi connectivity index (χ3n) is 6.83. The van der Waals surface area contributed by atoms with Gasteiger partial charge in [-0.05, 0) is 18.8 Å². The second-order valence-corrected chi connectivity index (χ2v) is 9.88. The van der Waals surface area contributed by atoms with E-state index in [1.165, 1.54) is 76.7 Å². The third-order valence-corrected chi connectivity index (χ3v) is 6.83. The minimum absolute atomic E-state index is 0.161. The highest BCUT2D eigenvalue weighted by Gasteiger charge is 2.29. The lowest BCUT2D eigenvalue weighted by Crippen LogP contribution is -2.12. The maximum Gasteiger partial charge on any atom is 0.318 e. The predicted octanol–water partition coefficient (Wildman–Crippen LogP) is 9.18. The van der Waals surface area contributed by atoms with Gasteiger partial charge in [-0.1, -0.05) is 111 Å². The van der Waals surface area contributed by atoms with E-state index in [0.717, 1.165) is 25.3 Å². The number of hydrogen-bond acceptors (Lipinski definition) is 6. The highest BCUT2D eigenvalue weighted by molar-refractivity contribution is 5.75. The van der Waals surface area contributed by atoms with Crippen molar-refractivity contribution in [2.45, 2.75) is 136 Å². The number of rotatable bonds is 21. The van der Waals surface area contributed by atoms with Crippen LogP contribution in [0.25, 0.3) is 0 Å². The monoisotopic (exact) mass is 506 g/mol. The van der Waals surface area contributed by atoms with Gasteiger partial charge in [-0.25, -0.2) is 0 Å². The van der Waals surface area contributed by atoms with Gasteiger partial charge < -0.3 is 4.74 Å². The zero-order valence-electron chi connectivity index (χ0n) is 22.6. The Morgan fingerprint density at radius 2 is 1.25 bits per heavy atom. The van der Waals surface area contributed by atoms with E-state index in [1.807, 2.05) is 6.92 Å². The topological polar surface area (TPSA) is 113 Å². The Morgan fingerprint density at radius 3 is 1.67 bits per heavy atom. The first kappa shape index (κ1) is 31.5. The highest BCUT2D eigenvalue weighted by Crippen LogP contribution is 2.40. The molecule has 0 heterocycles. The van der Waals surface area contributed by atoms with Crippen molar-refractivity contribution in [1.29, 1.82) is 0 Å². The number of carbonyl (C=O) groups is 1. The maximum absolute atomic E-state index is 12.4. The molecule has 0 aromatic heterocycles. The van der Waals surface area contributed by atoms with Gasteiger partial charge in [0.25, 0.3) is 5.69 Å². The Labute approximate surface area is 216 Å². The minimum Gasteiger partial charge on any atom is -0.419 e. The number of nitrogens with zero attached hydrogens (tertiary/aromatic N) is 2. The first-order chi connectivity index (χ1) is 17.3. The van der Waals surface area contributed by atoms with Gasteiger partial charge in [-0.2, -0.15) is 0 Å². The molecule has 0 radical (unpaired) electrons. The molecule has 0 N–H and O–H groups in total. The summed E-state index contributed by atoms with van der Waals surface area (Å²) in [6.07, 6.45) is 19.2. The summed E-state index contributed by atoms with van der Waals surface area (Å²) in [7, 11) is 0. The van der Waals surface area contributed by atoms with Crippen LogP contribution in [0.4, 0.5) is 11.4 Å². The number of hydrogen-bond donors (Lipinski definition) is 0. The van der Waals surface area contributed by atoms with Crippen molar-refractivity contribution in [1.82, 2.24) is 0 Å². The van der Waals surface area contributed by atoms with Crippen LogP contribution in [0.3, 0.4) is 0 Å². The normalized spacial score (nSPS) is 11.9. The second kappa shape index (κ2) is 18.7. The van der Waals surface area contributed by atoms with Crippen LogP contribution in [0, 0.1) is 20.2 Å². The summed E-state index contributed by atoms with van der Waals surface area (Å²) in [6, 6.07) is 2.14. The average molecular weight is 507 g/mol. The van der Waals surface area contributed by atoms with Gasteiger partial charge in [0.2, 0.25) is 5.75 Å². The van der Waals surface area contributed by atoms with Crippen molar-refractivity contribution in [2.24, 2.45) is 0 Å². The molecule has 1 atom stereocenters. The van der Waals surface area contributed by atoms with Crippen molar-refractivity contribution in [2.75, 3.05) is 0 Å². The van der Waals surface area contributed by atoms with E-state index in [2.05, 4.69) is 6.92 Å². The smallest absolute Gasteiger partial charge is 0.318 e. The Bertz CT molecular complexity index is 811. The first-order valence-electron chi connectivity index (χ1n) is 14.0. The van der Waals surface area contributed by atoms with Crippen LogP contribution >= 0.6 is 0 Å². The maximum atomic E-state index is 12.4. The van der Waals surface area contributed by atoms with E-state index in [0.29, 0.717) is 18.4 Å². The molecular formula is C28H46N2O6. The largest absolute Gasteiger partial charge is 0.419 e. The molecule has 0 bridgehead atoms. The van der Waals surface area contributed by atoms with Crippen LogP contribution in [0.2, 0.25) is 0 Å². The van der Waals surface area contributed by atoms with Gasteiger partial charge >= 0.3 is 11.7 Å². The molecule has 0 saturated carbocycles. The Kier molecular flexibility index (Phi) is 16.4. The summed E-state index contributed by atoms with van der Waals surface area (Å²) < 4.78 is 5.41. The Balaban J connectivity index is 2.33. The summed E-state index contributed by atoms with van der Waals surface area (Å²) in [5.74, 6) is -0.922. The van der Waals surface area contributed by atoms with E-state index in [9.17, 15) is 25.0 Å². The lowest BCUT2D eigenvalue weighted by Gasteiger charge is -2.15. The number of non-ortho nitro benzene ring substituents is 1. The number of nitro benzene ring substituents is 2. The van der Waals surface area contributed by atoms with Crippen LogP contribution in [0.1, 0.15) is 141 Å². The molecule has 0 unspecified atom stereocenters. The summed E-state index contributed by atoms with van der Waals surface area (Å²) in [6.45, 7) is 5.92. The number of unbranched alkanes of at least 4 members (excludes halogenated alkanes) is 14. The molecule has 204 valence electrons. The van der Waals surface area contributed by atoms with Gasteiger partial charge in [-0.15, -0.1) is 0 Å². The predicted molar refractivity (Wildman–Crippen MR) is 144 cm³/mol. The van der Waals surface area contributed by atoms with Crippen molar-refractivity contribution in [3.8, 4) is 5.75 Å². The highest BCUT2D eigenvalue weighted by atomic mass is 16.6. The van der Waals surface area contributed by atoms with Crippen LogP contribution in [0.15, 0.2) is 12.1 Å². The van der Waals surface area contributed by atoms with Crippen molar-refractivity contribution in [3.63, 3.8) is 0 Å². The zero-order chi connectivity index (χ0) is 26.8. The minimum atomic E-state index is -0.727. The molecule has 8 heteroatoms. The fraction of sp³-hybridized carbons (Fsp3) is 0.750. The number of benzene rings is 1. The number of esters is 1. The van der Waals surface area contributed by atoms with E-state index in [-0.39, 0.29) is 23.8 Å². The summed E-state index contributed by atoms with van der Waals surface area (Å²) in [5, 5.41) is 22.8.